The lowest BCUT2D eigenvalue weighted by atomic mass is 10.1. The van der Waals surface area contributed by atoms with Gasteiger partial charge in [-0.3, -0.25) is 0 Å². The first kappa shape index (κ1) is 15.0. The molecule has 1 rings (SSSR count). The van der Waals surface area contributed by atoms with Crippen molar-refractivity contribution in [2.45, 2.75) is 84.0 Å². The van der Waals surface area contributed by atoms with E-state index in [4.69, 9.17) is 0 Å². The molecule has 90 valence electrons. The van der Waals surface area contributed by atoms with Crippen LogP contribution < -0.4 is 0 Å². The molecule has 0 heteroatoms. The fourth-order valence-corrected chi connectivity index (χ4v) is 1.49. The van der Waals surface area contributed by atoms with E-state index in [1.54, 1.807) is 0 Å². The third-order valence-electron chi connectivity index (χ3n) is 2.64. The van der Waals surface area contributed by atoms with Gasteiger partial charge in [-0.05, 0) is 19.3 Å². The zero-order valence-electron chi connectivity index (χ0n) is 10.8. The van der Waals surface area contributed by atoms with Crippen LogP contribution in [-0.4, -0.2) is 0 Å². The monoisotopic (exact) mass is 210 g/mol. The molecule has 1 fully saturated rings. The highest BCUT2D eigenvalue weighted by atomic mass is 14.0. The second kappa shape index (κ2) is 14.0. The van der Waals surface area contributed by atoms with E-state index in [1.807, 2.05) is 0 Å². The van der Waals surface area contributed by atoms with Crippen LogP contribution in [-0.2, 0) is 0 Å². The van der Waals surface area contributed by atoms with Crippen molar-refractivity contribution in [3.63, 3.8) is 0 Å². The fourth-order valence-electron chi connectivity index (χ4n) is 1.49. The van der Waals surface area contributed by atoms with Crippen LogP contribution in [0.15, 0.2) is 0 Å². The molecule has 1 aliphatic rings. The molecule has 0 nitrogen and oxygen atoms in total. The summed E-state index contributed by atoms with van der Waals surface area (Å²) >= 11 is 0. The molecule has 2 radical (unpaired) electrons. The van der Waals surface area contributed by atoms with Gasteiger partial charge in [-0.15, -0.1) is 0 Å². The Hall–Kier alpha value is 0. The average Bonchev–Trinajstić information content (AvgIpc) is 3.09. The van der Waals surface area contributed by atoms with E-state index in [0.29, 0.717) is 0 Å². The molecule has 0 aromatic heterocycles. The summed E-state index contributed by atoms with van der Waals surface area (Å²) in [4.78, 5) is 0. The first-order valence-corrected chi connectivity index (χ1v) is 7.02. The standard InChI is InChI=1S/C12H25.C3H5/c1-3-5-7-9-11-12-10-8-6-4-2;1-2-3-1/h1,3-12H2,2H3;1H,2-3H2. The molecule has 0 atom stereocenters. The van der Waals surface area contributed by atoms with Gasteiger partial charge in [0, 0.05) is 0 Å². The summed E-state index contributed by atoms with van der Waals surface area (Å²) in [5, 5.41) is 0. The summed E-state index contributed by atoms with van der Waals surface area (Å²) in [5.74, 6) is 0. The average molecular weight is 210 g/mol. The molecule has 0 saturated heterocycles. The van der Waals surface area contributed by atoms with E-state index >= 15 is 0 Å². The molecule has 1 saturated carbocycles. The van der Waals surface area contributed by atoms with Gasteiger partial charge in [0.1, 0.15) is 0 Å². The van der Waals surface area contributed by atoms with Gasteiger partial charge in [-0.25, -0.2) is 0 Å². The minimum absolute atomic E-state index is 1.12. The van der Waals surface area contributed by atoms with Gasteiger partial charge < -0.3 is 0 Å². The smallest absolute Gasteiger partial charge is 0.0386 e. The molecule has 0 aromatic rings. The fraction of sp³-hybridized carbons (Fsp3) is 0.867. The predicted octanol–water partition coefficient (Wildman–Crippen LogP) is 5.73. The molecular formula is C15H30. The van der Waals surface area contributed by atoms with Crippen LogP contribution in [0.5, 0.6) is 0 Å². The van der Waals surface area contributed by atoms with Crippen LogP contribution in [0.25, 0.3) is 0 Å². The molecule has 0 unspecified atom stereocenters. The van der Waals surface area contributed by atoms with Gasteiger partial charge >= 0.3 is 0 Å². The second-order valence-electron chi connectivity index (χ2n) is 4.55. The van der Waals surface area contributed by atoms with Crippen molar-refractivity contribution in [1.82, 2.24) is 0 Å². The van der Waals surface area contributed by atoms with Crippen molar-refractivity contribution in [1.29, 1.82) is 0 Å². The van der Waals surface area contributed by atoms with Gasteiger partial charge in [0.2, 0.25) is 0 Å². The van der Waals surface area contributed by atoms with E-state index in [1.165, 1.54) is 70.6 Å². The van der Waals surface area contributed by atoms with Crippen molar-refractivity contribution in [3.05, 3.63) is 13.3 Å². The summed E-state index contributed by atoms with van der Waals surface area (Å²) in [7, 11) is 0. The summed E-state index contributed by atoms with van der Waals surface area (Å²) in [5.41, 5.74) is 0. The maximum atomic E-state index is 3.84. The summed E-state index contributed by atoms with van der Waals surface area (Å²) in [6.45, 7) is 6.12. The van der Waals surface area contributed by atoms with Crippen LogP contribution in [0.4, 0.5) is 0 Å². The summed E-state index contributed by atoms with van der Waals surface area (Å²) in [6, 6.07) is 0. The molecular weight excluding hydrogens is 180 g/mol. The molecule has 15 heavy (non-hydrogen) atoms. The maximum Gasteiger partial charge on any atom is -0.0386 e. The van der Waals surface area contributed by atoms with Crippen LogP contribution in [0.3, 0.4) is 0 Å². The maximum absolute atomic E-state index is 3.84. The SMILES string of the molecule is [CH2]CCCCCCCCCCC.[CH]1CC1. The lowest BCUT2D eigenvalue weighted by molar-refractivity contribution is 0.566. The number of rotatable bonds is 9. The zero-order valence-corrected chi connectivity index (χ0v) is 10.8. The Morgan fingerprint density at radius 2 is 1.20 bits per heavy atom. The highest BCUT2D eigenvalue weighted by Gasteiger charge is 1.95. The van der Waals surface area contributed by atoms with Gasteiger partial charge in [-0.2, -0.15) is 0 Å². The number of hydrogen-bond acceptors (Lipinski definition) is 0. The Morgan fingerprint density at radius 1 is 0.800 bits per heavy atom. The van der Waals surface area contributed by atoms with E-state index in [9.17, 15) is 0 Å². The molecule has 0 heterocycles. The van der Waals surface area contributed by atoms with E-state index < -0.39 is 0 Å². The van der Waals surface area contributed by atoms with Crippen LogP contribution >= 0.6 is 0 Å². The topological polar surface area (TPSA) is 0 Å². The second-order valence-corrected chi connectivity index (χ2v) is 4.55. The minimum atomic E-state index is 1.12. The third-order valence-corrected chi connectivity index (χ3v) is 2.64. The van der Waals surface area contributed by atoms with Crippen LogP contribution in [0.2, 0.25) is 0 Å². The predicted molar refractivity (Wildman–Crippen MR) is 70.7 cm³/mol. The first-order chi connectivity index (χ1) is 7.41. The Kier molecular flexibility index (Phi) is 14.0. The normalized spacial score (nSPS) is 13.2. The Balaban J connectivity index is 0.000000548. The molecule has 0 aliphatic heterocycles. The molecule has 0 N–H and O–H groups in total. The van der Waals surface area contributed by atoms with Gasteiger partial charge in [0.15, 0.2) is 0 Å². The highest BCUT2D eigenvalue weighted by Crippen LogP contribution is 2.12. The van der Waals surface area contributed by atoms with Crippen molar-refractivity contribution in [3.8, 4) is 0 Å². The van der Waals surface area contributed by atoms with E-state index in [0.717, 1.165) is 6.42 Å². The van der Waals surface area contributed by atoms with Gasteiger partial charge in [0.25, 0.3) is 0 Å². The van der Waals surface area contributed by atoms with Gasteiger partial charge in [-0.1, -0.05) is 78.1 Å². The Morgan fingerprint density at radius 3 is 1.53 bits per heavy atom. The van der Waals surface area contributed by atoms with E-state index in [2.05, 4.69) is 20.3 Å². The molecule has 1 aliphatic carbocycles. The van der Waals surface area contributed by atoms with Crippen LogP contribution in [0.1, 0.15) is 84.0 Å². The lowest BCUT2D eigenvalue weighted by Gasteiger charge is -1.99. The number of hydrogen-bond donors (Lipinski definition) is 0. The highest BCUT2D eigenvalue weighted by molar-refractivity contribution is 4.79. The molecule has 0 bridgehead atoms. The Labute approximate surface area is 97.8 Å². The third kappa shape index (κ3) is 20.2. The van der Waals surface area contributed by atoms with Crippen molar-refractivity contribution in [2.75, 3.05) is 0 Å². The molecule has 0 amide bonds. The Bertz CT molecular complexity index is 81.5. The number of unbranched alkanes of at least 4 members (excludes halogenated alkanes) is 9. The summed E-state index contributed by atoms with van der Waals surface area (Å²) < 4.78 is 0. The lowest BCUT2D eigenvalue weighted by Crippen LogP contribution is -1.80. The first-order valence-electron chi connectivity index (χ1n) is 7.02. The minimum Gasteiger partial charge on any atom is -0.0654 e. The van der Waals surface area contributed by atoms with Gasteiger partial charge in [0.05, 0.1) is 0 Å². The zero-order chi connectivity index (χ0) is 11.2. The van der Waals surface area contributed by atoms with Crippen molar-refractivity contribution in [2.24, 2.45) is 0 Å². The van der Waals surface area contributed by atoms with E-state index in [-0.39, 0.29) is 0 Å². The molecule has 0 spiro atoms. The largest absolute Gasteiger partial charge is 0.0654 e. The van der Waals surface area contributed by atoms with Crippen LogP contribution in [0, 0.1) is 13.3 Å². The van der Waals surface area contributed by atoms with Crippen molar-refractivity contribution >= 4 is 0 Å². The quantitative estimate of drug-likeness (QED) is 0.427. The summed E-state index contributed by atoms with van der Waals surface area (Å²) in [6.07, 6.45) is 18.9. The van der Waals surface area contributed by atoms with Crippen molar-refractivity contribution < 1.29 is 0 Å². The molecule has 0 aromatic carbocycles.